The Bertz CT molecular complexity index is 2410. The summed E-state index contributed by atoms with van der Waals surface area (Å²) in [4.78, 5) is 55.5. The second-order valence-electron chi connectivity index (χ2n) is 18.1. The molecular formula is C52H66F3N7O8S. The smallest absolute Gasteiger partial charge is 0.494 e. The van der Waals surface area contributed by atoms with Crippen LogP contribution in [0.4, 0.5) is 18.9 Å². The maximum atomic E-state index is 13.9. The maximum absolute atomic E-state index is 13.9. The molecule has 384 valence electrons. The van der Waals surface area contributed by atoms with Gasteiger partial charge in [0.2, 0.25) is 17.7 Å². The van der Waals surface area contributed by atoms with Crippen LogP contribution in [0.15, 0.2) is 100 Å². The van der Waals surface area contributed by atoms with Crippen LogP contribution in [-0.4, -0.2) is 116 Å². The number of aliphatic imine (C=N–C) groups is 2. The predicted molar refractivity (Wildman–Crippen MR) is 270 cm³/mol. The average molecular weight is 1010 g/mol. The number of amides is 3. The lowest BCUT2D eigenvalue weighted by Gasteiger charge is -2.35. The maximum Gasteiger partial charge on any atom is 0.573 e. The number of nitrogens with zero attached hydrogens (tertiary/aromatic N) is 4. The molecule has 0 aliphatic carbocycles. The van der Waals surface area contributed by atoms with Crippen molar-refractivity contribution in [1.82, 2.24) is 20.5 Å². The number of ether oxygens (including phenoxy) is 4. The summed E-state index contributed by atoms with van der Waals surface area (Å²) in [6.07, 6.45) is 1.22. The number of halogens is 3. The molecule has 19 heteroatoms. The van der Waals surface area contributed by atoms with Crippen LogP contribution in [0.25, 0.3) is 10.4 Å². The number of thiazole rings is 1. The number of likely N-dealkylation sites (tertiary alicyclic amines) is 1. The molecule has 1 saturated heterocycles. The molecule has 0 saturated carbocycles. The van der Waals surface area contributed by atoms with Gasteiger partial charge in [0.05, 0.1) is 34.5 Å². The van der Waals surface area contributed by atoms with Crippen LogP contribution in [0.1, 0.15) is 82.5 Å². The molecule has 15 nitrogen and oxygen atoms in total. The number of anilines is 1. The SMILES string of the molecule is C=N/C(=C\C(=NC)c1cccc(OCCCCCOCCCCCOCC(=O)N[C@H](C(=O)N2C[C@H](O)C[C@H]2C(=O)NCc2ccc(-c3scnc3C)cc2)C(C)(C)C)c1)Nc1ccc(OC(F)(F)F)cc1. The number of aromatic nitrogens is 1. The van der Waals surface area contributed by atoms with E-state index >= 15 is 0 Å². The number of nitrogens with one attached hydrogen (secondary N) is 3. The zero-order chi connectivity index (χ0) is 51.4. The number of hydrogen-bond acceptors (Lipinski definition) is 13. The number of aliphatic hydroxyl groups excluding tert-OH is 1. The molecule has 1 aliphatic heterocycles. The fraction of sp³-hybridized carbons (Fsp3) is 0.462. The Labute approximate surface area is 418 Å². The highest BCUT2D eigenvalue weighted by Gasteiger charge is 2.44. The second-order valence-corrected chi connectivity index (χ2v) is 19.0. The van der Waals surface area contributed by atoms with E-state index in [9.17, 15) is 32.7 Å². The van der Waals surface area contributed by atoms with E-state index < -0.39 is 41.8 Å². The fourth-order valence-corrected chi connectivity index (χ4v) is 8.48. The highest BCUT2D eigenvalue weighted by molar-refractivity contribution is 7.13. The second kappa shape index (κ2) is 27.5. The number of aryl methyl sites for hydroxylation is 1. The molecule has 0 unspecified atom stereocenters. The molecule has 4 aromatic rings. The highest BCUT2D eigenvalue weighted by Crippen LogP contribution is 2.29. The quantitative estimate of drug-likeness (QED) is 0.0333. The molecule has 1 fully saturated rings. The van der Waals surface area contributed by atoms with E-state index in [2.05, 4.69) is 42.4 Å². The predicted octanol–water partition coefficient (Wildman–Crippen LogP) is 8.65. The van der Waals surface area contributed by atoms with Crippen molar-refractivity contribution in [3.8, 4) is 21.9 Å². The first kappa shape index (κ1) is 55.8. The summed E-state index contributed by atoms with van der Waals surface area (Å²) in [5.74, 6) is -0.551. The minimum Gasteiger partial charge on any atom is -0.494 e. The lowest BCUT2D eigenvalue weighted by atomic mass is 9.85. The lowest BCUT2D eigenvalue weighted by molar-refractivity contribution is -0.274. The van der Waals surface area contributed by atoms with Crippen molar-refractivity contribution < 1.29 is 51.6 Å². The van der Waals surface area contributed by atoms with E-state index in [4.69, 9.17) is 14.2 Å². The summed E-state index contributed by atoms with van der Waals surface area (Å²) in [6, 6.07) is 18.8. The monoisotopic (exact) mass is 1010 g/mol. The number of aliphatic hydroxyl groups is 1. The zero-order valence-corrected chi connectivity index (χ0v) is 41.9. The molecule has 3 amide bonds. The Morgan fingerprint density at radius 2 is 1.61 bits per heavy atom. The van der Waals surface area contributed by atoms with Gasteiger partial charge in [-0.05, 0) is 105 Å². The molecule has 3 aromatic carbocycles. The van der Waals surface area contributed by atoms with Gasteiger partial charge in [-0.3, -0.25) is 19.4 Å². The van der Waals surface area contributed by atoms with Gasteiger partial charge in [0, 0.05) is 63.7 Å². The highest BCUT2D eigenvalue weighted by atomic mass is 32.1. The minimum absolute atomic E-state index is 0.0104. The Hall–Kier alpha value is -6.15. The molecule has 4 N–H and O–H groups in total. The van der Waals surface area contributed by atoms with Crippen LogP contribution in [0.5, 0.6) is 11.5 Å². The third-order valence-corrected chi connectivity index (χ3v) is 12.4. The number of carbonyl (C=O) groups is 3. The largest absolute Gasteiger partial charge is 0.573 e. The van der Waals surface area contributed by atoms with Crippen molar-refractivity contribution >= 4 is 47.2 Å². The van der Waals surface area contributed by atoms with E-state index in [0.29, 0.717) is 49.4 Å². The van der Waals surface area contributed by atoms with Crippen molar-refractivity contribution in [1.29, 1.82) is 0 Å². The van der Waals surface area contributed by atoms with Gasteiger partial charge >= 0.3 is 6.36 Å². The van der Waals surface area contributed by atoms with Crippen LogP contribution in [-0.2, 0) is 30.4 Å². The Kier molecular flexibility index (Phi) is 21.6. The minimum atomic E-state index is -4.78. The number of benzene rings is 3. The van der Waals surface area contributed by atoms with Gasteiger partial charge in [0.15, 0.2) is 0 Å². The molecule has 3 atom stereocenters. The number of β-amino-alcohol motifs (C(OH)–C–C–N with tert-alkyl or cyclic N) is 1. The average Bonchev–Trinajstić information content (AvgIpc) is 3.96. The number of unbranched alkanes of at least 4 members (excludes halogenated alkanes) is 4. The van der Waals surface area contributed by atoms with Gasteiger partial charge in [-0.15, -0.1) is 24.5 Å². The summed E-state index contributed by atoms with van der Waals surface area (Å²) in [5.41, 5.74) is 5.88. The van der Waals surface area contributed by atoms with Crippen LogP contribution in [0.2, 0.25) is 0 Å². The van der Waals surface area contributed by atoms with E-state index in [1.165, 1.54) is 29.2 Å². The van der Waals surface area contributed by atoms with Crippen molar-refractivity contribution in [3.05, 3.63) is 107 Å². The molecule has 2 heterocycles. The molecule has 5 rings (SSSR count). The van der Waals surface area contributed by atoms with E-state index in [1.807, 2.05) is 81.7 Å². The standard InChI is InChI=1S/C52H66F3N7O8S/c1-35-47(71-34-59-35)37-18-16-36(17-19-37)31-58-49(65)44-29-40(63)32-62(44)50(66)48(51(2,3)4)61-46(64)33-68-26-11-7-9-24-67-25-10-8-12-27-69-42-15-13-14-38(28-42)43(56-5)30-45(57-6)60-39-20-22-41(23-21-39)70-52(53,54)55/h13-23,28,30,34,40,44,48,60,63H,6-12,24-27,29,31-33H2,1-5H3,(H,58,65)(H,61,64)/b45-30+,56-43?/t40-,44+,48-/m1/s1. The molecule has 1 aromatic heterocycles. The van der Waals surface area contributed by atoms with Gasteiger partial charge in [-0.2, -0.15) is 0 Å². The first-order chi connectivity index (χ1) is 33.9. The van der Waals surface area contributed by atoms with Gasteiger partial charge in [0.25, 0.3) is 0 Å². The van der Waals surface area contributed by atoms with Gasteiger partial charge in [-0.25, -0.2) is 9.98 Å². The van der Waals surface area contributed by atoms with E-state index in [1.54, 1.807) is 24.5 Å². The normalized spacial score (nSPS) is 15.8. The number of allylic oxidation sites excluding steroid dienone is 1. The number of rotatable bonds is 27. The van der Waals surface area contributed by atoms with Crippen LogP contribution in [0, 0.1) is 12.3 Å². The molecule has 0 radical (unpaired) electrons. The molecule has 1 aliphatic rings. The number of alkyl halides is 3. The van der Waals surface area contributed by atoms with Gasteiger partial charge < -0.3 is 44.9 Å². The molecule has 0 bridgehead atoms. The molecule has 0 spiro atoms. The third-order valence-electron chi connectivity index (χ3n) is 11.4. The summed E-state index contributed by atoms with van der Waals surface area (Å²) < 4.78 is 58.9. The van der Waals surface area contributed by atoms with Gasteiger partial charge in [0.1, 0.15) is 36.0 Å². The lowest BCUT2D eigenvalue weighted by Crippen LogP contribution is -2.58. The summed E-state index contributed by atoms with van der Waals surface area (Å²) in [7, 11) is 1.64. The van der Waals surface area contributed by atoms with Crippen LogP contribution >= 0.6 is 11.3 Å². The Morgan fingerprint density at radius 1 is 0.930 bits per heavy atom. The van der Waals surface area contributed by atoms with Crippen molar-refractivity contribution in [3.63, 3.8) is 0 Å². The van der Waals surface area contributed by atoms with Crippen molar-refractivity contribution in [2.24, 2.45) is 15.4 Å². The summed E-state index contributed by atoms with van der Waals surface area (Å²) in [5, 5.41) is 19.3. The first-order valence-corrected chi connectivity index (χ1v) is 24.5. The Balaban J connectivity index is 0.919. The Morgan fingerprint density at radius 3 is 2.23 bits per heavy atom. The number of hydrogen-bond donors (Lipinski definition) is 4. The van der Waals surface area contributed by atoms with Crippen LogP contribution in [0.3, 0.4) is 0 Å². The zero-order valence-electron chi connectivity index (χ0n) is 41.1. The van der Waals surface area contributed by atoms with Crippen molar-refractivity contribution in [2.45, 2.75) is 104 Å². The van der Waals surface area contributed by atoms with E-state index in [-0.39, 0.29) is 37.8 Å². The fourth-order valence-electron chi connectivity index (χ4n) is 7.67. The molecular weight excluding hydrogens is 940 g/mol. The summed E-state index contributed by atoms with van der Waals surface area (Å²) in [6.45, 7) is 13.2. The van der Waals surface area contributed by atoms with Gasteiger partial charge in [-0.1, -0.05) is 57.2 Å². The molecule has 71 heavy (non-hydrogen) atoms. The van der Waals surface area contributed by atoms with Crippen molar-refractivity contribution in [2.75, 3.05) is 51.9 Å². The topological polar surface area (TPSA) is 185 Å². The third kappa shape index (κ3) is 18.5. The number of carbonyl (C=O) groups excluding carboxylic acids is 3. The summed E-state index contributed by atoms with van der Waals surface area (Å²) >= 11 is 1.57. The van der Waals surface area contributed by atoms with E-state index in [0.717, 1.165) is 65.8 Å². The van der Waals surface area contributed by atoms with Crippen LogP contribution < -0.4 is 25.4 Å². The first-order valence-electron chi connectivity index (χ1n) is 23.7.